The molecule has 2 N–H and O–H groups in total. The zero-order valence-corrected chi connectivity index (χ0v) is 8.15. The second-order valence-corrected chi connectivity index (χ2v) is 2.51. The minimum absolute atomic E-state index is 0.206. The molecular formula is C10H10N2O3. The van der Waals surface area contributed by atoms with Gasteiger partial charge in [0.15, 0.2) is 0 Å². The summed E-state index contributed by atoms with van der Waals surface area (Å²) in [7, 11) is 1.27. The van der Waals surface area contributed by atoms with Crippen molar-refractivity contribution in [3.8, 4) is 11.8 Å². The largest absolute Gasteiger partial charge is 0.453 e. The monoisotopic (exact) mass is 206 g/mol. The van der Waals surface area contributed by atoms with Gasteiger partial charge in [-0.3, -0.25) is 5.32 Å². The summed E-state index contributed by atoms with van der Waals surface area (Å²) in [5.74, 6) is 5.54. The van der Waals surface area contributed by atoms with Crippen LogP contribution in [-0.2, 0) is 4.74 Å². The third-order valence-corrected chi connectivity index (χ3v) is 1.49. The SMILES string of the molecule is COC(=O)Nc1cc(C#CCO)ccn1. The van der Waals surface area contributed by atoms with Crippen molar-refractivity contribution in [2.75, 3.05) is 19.0 Å². The van der Waals surface area contributed by atoms with Crippen molar-refractivity contribution in [3.05, 3.63) is 23.9 Å². The Hall–Kier alpha value is -2.06. The van der Waals surface area contributed by atoms with E-state index in [1.165, 1.54) is 13.3 Å². The normalized spacial score (nSPS) is 8.67. The number of nitrogens with zero attached hydrogens (tertiary/aromatic N) is 1. The lowest BCUT2D eigenvalue weighted by atomic mass is 10.2. The average molecular weight is 206 g/mol. The number of aromatic nitrogens is 1. The molecule has 5 nitrogen and oxygen atoms in total. The van der Waals surface area contributed by atoms with Crippen LogP contribution in [0.15, 0.2) is 18.3 Å². The van der Waals surface area contributed by atoms with Crippen LogP contribution < -0.4 is 5.32 Å². The van der Waals surface area contributed by atoms with Gasteiger partial charge in [0.25, 0.3) is 0 Å². The second-order valence-electron chi connectivity index (χ2n) is 2.51. The third kappa shape index (κ3) is 3.67. The summed E-state index contributed by atoms with van der Waals surface area (Å²) in [6, 6.07) is 3.25. The van der Waals surface area contributed by atoms with E-state index in [2.05, 4.69) is 26.9 Å². The molecule has 1 aromatic heterocycles. The van der Waals surface area contributed by atoms with Crippen LogP contribution in [0.25, 0.3) is 0 Å². The van der Waals surface area contributed by atoms with Crippen molar-refractivity contribution in [1.29, 1.82) is 0 Å². The lowest BCUT2D eigenvalue weighted by Crippen LogP contribution is -2.11. The van der Waals surface area contributed by atoms with Crippen molar-refractivity contribution in [3.63, 3.8) is 0 Å². The highest BCUT2D eigenvalue weighted by molar-refractivity contribution is 5.83. The van der Waals surface area contributed by atoms with E-state index in [4.69, 9.17) is 5.11 Å². The van der Waals surface area contributed by atoms with Gasteiger partial charge in [0.2, 0.25) is 0 Å². The van der Waals surface area contributed by atoms with Crippen LogP contribution in [0.3, 0.4) is 0 Å². The highest BCUT2D eigenvalue weighted by Crippen LogP contribution is 2.05. The number of nitrogens with one attached hydrogen (secondary N) is 1. The van der Waals surface area contributed by atoms with Crippen LogP contribution in [-0.4, -0.2) is 29.9 Å². The van der Waals surface area contributed by atoms with E-state index in [1.807, 2.05) is 0 Å². The van der Waals surface area contributed by atoms with Crippen molar-refractivity contribution in [2.45, 2.75) is 0 Å². The van der Waals surface area contributed by atoms with Gasteiger partial charge in [0.05, 0.1) is 7.11 Å². The molecule has 1 heterocycles. The minimum Gasteiger partial charge on any atom is -0.453 e. The minimum atomic E-state index is -0.588. The Labute approximate surface area is 87.1 Å². The fourth-order valence-corrected chi connectivity index (χ4v) is 0.874. The second kappa shape index (κ2) is 5.62. The number of pyridine rings is 1. The molecule has 5 heteroatoms. The third-order valence-electron chi connectivity index (χ3n) is 1.49. The number of rotatable bonds is 1. The fourth-order valence-electron chi connectivity index (χ4n) is 0.874. The first-order valence-electron chi connectivity index (χ1n) is 4.17. The van der Waals surface area contributed by atoms with Crippen molar-refractivity contribution >= 4 is 11.9 Å². The molecule has 0 saturated heterocycles. The molecular weight excluding hydrogens is 196 g/mol. The Morgan fingerprint density at radius 1 is 1.73 bits per heavy atom. The number of hydrogen-bond donors (Lipinski definition) is 2. The van der Waals surface area contributed by atoms with E-state index in [9.17, 15) is 4.79 Å². The van der Waals surface area contributed by atoms with Crippen molar-refractivity contribution in [1.82, 2.24) is 4.98 Å². The molecule has 0 aliphatic carbocycles. The Bertz CT molecular complexity index is 407. The van der Waals surface area contributed by atoms with Crippen LogP contribution in [0.4, 0.5) is 10.6 Å². The quantitative estimate of drug-likeness (QED) is 0.660. The van der Waals surface area contributed by atoms with Crippen molar-refractivity contribution < 1.29 is 14.6 Å². The molecule has 0 spiro atoms. The molecule has 0 aliphatic rings. The van der Waals surface area contributed by atoms with Crippen LogP contribution in [0.1, 0.15) is 5.56 Å². The molecule has 1 rings (SSSR count). The fraction of sp³-hybridized carbons (Fsp3) is 0.200. The number of carbonyl (C=O) groups is 1. The molecule has 1 amide bonds. The summed E-state index contributed by atoms with van der Waals surface area (Å²) in [5.41, 5.74) is 0.658. The van der Waals surface area contributed by atoms with Crippen LogP contribution >= 0.6 is 0 Å². The van der Waals surface area contributed by atoms with Gasteiger partial charge in [0.1, 0.15) is 12.4 Å². The Morgan fingerprint density at radius 2 is 2.53 bits per heavy atom. The maximum Gasteiger partial charge on any atom is 0.412 e. The highest BCUT2D eigenvalue weighted by atomic mass is 16.5. The van der Waals surface area contributed by atoms with Gasteiger partial charge in [-0.2, -0.15) is 0 Å². The molecule has 0 radical (unpaired) electrons. The molecule has 0 unspecified atom stereocenters. The first-order chi connectivity index (χ1) is 7.26. The van der Waals surface area contributed by atoms with Crippen LogP contribution in [0.5, 0.6) is 0 Å². The van der Waals surface area contributed by atoms with E-state index < -0.39 is 6.09 Å². The van der Waals surface area contributed by atoms with Gasteiger partial charge in [-0.25, -0.2) is 9.78 Å². The number of aliphatic hydroxyl groups is 1. The van der Waals surface area contributed by atoms with Gasteiger partial charge >= 0.3 is 6.09 Å². The molecule has 78 valence electrons. The van der Waals surface area contributed by atoms with Gasteiger partial charge < -0.3 is 9.84 Å². The molecule has 0 aliphatic heterocycles. The summed E-state index contributed by atoms with van der Waals surface area (Å²) >= 11 is 0. The predicted molar refractivity (Wildman–Crippen MR) is 54.2 cm³/mol. The van der Waals surface area contributed by atoms with E-state index in [1.54, 1.807) is 12.1 Å². The first kappa shape index (κ1) is 11.0. The predicted octanol–water partition coefficient (Wildman–Crippen LogP) is 0.604. The topological polar surface area (TPSA) is 71.5 Å². The standard InChI is InChI=1S/C10H10N2O3/c1-15-10(14)12-9-7-8(3-2-6-13)4-5-11-9/h4-5,7,13H,6H2,1H3,(H,11,12,14). The number of methoxy groups -OCH3 is 1. The number of amides is 1. The summed E-state index contributed by atoms with van der Waals surface area (Å²) in [6.45, 7) is -0.206. The van der Waals surface area contributed by atoms with Gasteiger partial charge in [-0.15, -0.1) is 0 Å². The zero-order valence-electron chi connectivity index (χ0n) is 8.15. The van der Waals surface area contributed by atoms with Gasteiger partial charge in [-0.05, 0) is 12.1 Å². The molecule has 15 heavy (non-hydrogen) atoms. The molecule has 0 atom stereocenters. The Kier molecular flexibility index (Phi) is 4.13. The number of ether oxygens (including phenoxy) is 1. The molecule has 1 aromatic rings. The smallest absolute Gasteiger partial charge is 0.412 e. The van der Waals surface area contributed by atoms with Crippen LogP contribution in [0, 0.1) is 11.8 Å². The summed E-state index contributed by atoms with van der Waals surface area (Å²) in [6.07, 6.45) is 0.918. The Balaban J connectivity index is 2.78. The molecule has 0 aromatic carbocycles. The van der Waals surface area contributed by atoms with E-state index in [0.717, 1.165) is 0 Å². The number of aliphatic hydroxyl groups excluding tert-OH is 1. The number of hydrogen-bond acceptors (Lipinski definition) is 4. The zero-order chi connectivity index (χ0) is 11.1. The Morgan fingerprint density at radius 3 is 3.20 bits per heavy atom. The lowest BCUT2D eigenvalue weighted by molar-refractivity contribution is 0.187. The molecule has 0 fully saturated rings. The average Bonchev–Trinajstić information content (AvgIpc) is 2.26. The summed E-state index contributed by atoms with van der Waals surface area (Å²) < 4.78 is 4.41. The maximum absolute atomic E-state index is 10.9. The molecule has 0 saturated carbocycles. The van der Waals surface area contributed by atoms with Crippen LogP contribution in [0.2, 0.25) is 0 Å². The van der Waals surface area contributed by atoms with Crippen molar-refractivity contribution in [2.24, 2.45) is 0 Å². The van der Waals surface area contributed by atoms with E-state index in [0.29, 0.717) is 11.4 Å². The summed E-state index contributed by atoms with van der Waals surface area (Å²) in [5, 5.41) is 10.9. The highest BCUT2D eigenvalue weighted by Gasteiger charge is 2.01. The number of anilines is 1. The number of carbonyl (C=O) groups excluding carboxylic acids is 1. The van der Waals surface area contributed by atoms with E-state index in [-0.39, 0.29) is 6.61 Å². The maximum atomic E-state index is 10.9. The van der Waals surface area contributed by atoms with Gasteiger partial charge in [0, 0.05) is 11.8 Å². The first-order valence-corrected chi connectivity index (χ1v) is 4.17. The van der Waals surface area contributed by atoms with Gasteiger partial charge in [-0.1, -0.05) is 11.8 Å². The van der Waals surface area contributed by atoms with E-state index >= 15 is 0 Å². The summed E-state index contributed by atoms with van der Waals surface area (Å²) in [4.78, 5) is 14.8. The lowest BCUT2D eigenvalue weighted by Gasteiger charge is -2.01. The molecule has 0 bridgehead atoms.